The molecule has 1 N–H and O–H groups in total. The summed E-state index contributed by atoms with van der Waals surface area (Å²) in [4.78, 5) is 41.0. The Morgan fingerprint density at radius 1 is 1.13 bits per heavy atom. The molecule has 8 nitrogen and oxygen atoms in total. The number of carbonyl (C=O) groups excluding carboxylic acids is 3. The fourth-order valence-electron chi connectivity index (χ4n) is 3.87. The lowest BCUT2D eigenvalue weighted by Crippen LogP contribution is -2.43. The zero-order valence-corrected chi connectivity index (χ0v) is 18.0. The molecular weight excluding hydrogens is 398 g/mol. The number of urea groups is 1. The van der Waals surface area contributed by atoms with E-state index in [0.717, 1.165) is 21.6 Å². The maximum absolute atomic E-state index is 13.1. The summed E-state index contributed by atoms with van der Waals surface area (Å²) in [5, 5.41) is 2.72. The Morgan fingerprint density at radius 3 is 2.61 bits per heavy atom. The summed E-state index contributed by atoms with van der Waals surface area (Å²) in [6.45, 7) is 5.81. The smallest absolute Gasteiger partial charge is 0.325 e. The van der Waals surface area contributed by atoms with Crippen LogP contribution in [0.15, 0.2) is 36.4 Å². The molecule has 2 aromatic rings. The third-order valence-electron chi connectivity index (χ3n) is 5.85. The standard InChI is InChI=1S/C23H25N3O5/c1-14-5-6-16(15(2)9-14)11-25(4)20(27)12-26-21(28)23(3,24-22(26)29)17-7-8-18-19(10-17)31-13-30-18/h5-10H,11-13H2,1-4H3,(H,24,29)/t23-/m0/s1. The van der Waals surface area contributed by atoms with Crippen molar-refractivity contribution in [3.63, 3.8) is 0 Å². The topological polar surface area (TPSA) is 88.2 Å². The van der Waals surface area contributed by atoms with Gasteiger partial charge in [0.2, 0.25) is 12.7 Å². The van der Waals surface area contributed by atoms with Gasteiger partial charge in [-0.2, -0.15) is 0 Å². The molecule has 0 aromatic heterocycles. The van der Waals surface area contributed by atoms with Crippen LogP contribution in [0.25, 0.3) is 0 Å². The van der Waals surface area contributed by atoms with Gasteiger partial charge in [0, 0.05) is 13.6 Å². The summed E-state index contributed by atoms with van der Waals surface area (Å²) in [6.07, 6.45) is 0. The minimum Gasteiger partial charge on any atom is -0.454 e. The maximum Gasteiger partial charge on any atom is 0.325 e. The minimum atomic E-state index is -1.29. The first-order chi connectivity index (χ1) is 14.7. The van der Waals surface area contributed by atoms with Crippen LogP contribution in [0, 0.1) is 13.8 Å². The highest BCUT2D eigenvalue weighted by molar-refractivity contribution is 6.09. The van der Waals surface area contributed by atoms with Gasteiger partial charge in [0.25, 0.3) is 5.91 Å². The van der Waals surface area contributed by atoms with Crippen molar-refractivity contribution >= 4 is 17.8 Å². The molecule has 0 unspecified atom stereocenters. The Bertz CT molecular complexity index is 1080. The Labute approximate surface area is 180 Å². The van der Waals surface area contributed by atoms with E-state index in [9.17, 15) is 14.4 Å². The molecule has 1 fully saturated rings. The fourth-order valence-corrected chi connectivity index (χ4v) is 3.87. The van der Waals surface area contributed by atoms with Crippen molar-refractivity contribution in [3.8, 4) is 11.5 Å². The van der Waals surface area contributed by atoms with Gasteiger partial charge in [-0.05, 0) is 49.6 Å². The van der Waals surface area contributed by atoms with Gasteiger partial charge in [-0.3, -0.25) is 14.5 Å². The number of carbonyl (C=O) groups is 3. The average molecular weight is 423 g/mol. The zero-order chi connectivity index (χ0) is 22.3. The summed E-state index contributed by atoms with van der Waals surface area (Å²) < 4.78 is 10.7. The monoisotopic (exact) mass is 423 g/mol. The van der Waals surface area contributed by atoms with Crippen LogP contribution < -0.4 is 14.8 Å². The van der Waals surface area contributed by atoms with Crippen molar-refractivity contribution in [3.05, 3.63) is 58.7 Å². The number of fused-ring (bicyclic) bond motifs is 1. The molecule has 1 saturated heterocycles. The van der Waals surface area contributed by atoms with E-state index >= 15 is 0 Å². The third-order valence-corrected chi connectivity index (χ3v) is 5.85. The molecule has 2 heterocycles. The van der Waals surface area contributed by atoms with Crippen LogP contribution in [0.2, 0.25) is 0 Å². The summed E-state index contributed by atoms with van der Waals surface area (Å²) >= 11 is 0. The first-order valence-electron chi connectivity index (χ1n) is 10.0. The second-order valence-corrected chi connectivity index (χ2v) is 8.19. The number of hydrogen-bond acceptors (Lipinski definition) is 5. The van der Waals surface area contributed by atoms with Crippen molar-refractivity contribution in [2.75, 3.05) is 20.4 Å². The van der Waals surface area contributed by atoms with E-state index in [1.165, 1.54) is 4.90 Å². The minimum absolute atomic E-state index is 0.114. The highest BCUT2D eigenvalue weighted by Gasteiger charge is 2.50. The maximum atomic E-state index is 13.1. The highest BCUT2D eigenvalue weighted by atomic mass is 16.7. The molecule has 0 aliphatic carbocycles. The fraction of sp³-hybridized carbons (Fsp3) is 0.348. The van der Waals surface area contributed by atoms with Gasteiger partial charge in [0.05, 0.1) is 0 Å². The Balaban J connectivity index is 1.48. The molecular formula is C23H25N3O5. The molecule has 0 bridgehead atoms. The number of amides is 4. The molecule has 1 atom stereocenters. The van der Waals surface area contributed by atoms with Gasteiger partial charge in [0.1, 0.15) is 12.1 Å². The second-order valence-electron chi connectivity index (χ2n) is 8.19. The number of rotatable bonds is 5. The number of imide groups is 1. The number of nitrogens with one attached hydrogen (secondary N) is 1. The van der Waals surface area contributed by atoms with Crippen LogP contribution >= 0.6 is 0 Å². The van der Waals surface area contributed by atoms with Crippen molar-refractivity contribution in [1.82, 2.24) is 15.1 Å². The molecule has 162 valence electrons. The van der Waals surface area contributed by atoms with Crippen LogP contribution in [0.1, 0.15) is 29.2 Å². The number of ether oxygens (including phenoxy) is 2. The first kappa shape index (κ1) is 20.7. The largest absolute Gasteiger partial charge is 0.454 e. The van der Waals surface area contributed by atoms with E-state index in [4.69, 9.17) is 9.47 Å². The van der Waals surface area contributed by atoms with E-state index in [1.807, 2.05) is 26.0 Å². The molecule has 31 heavy (non-hydrogen) atoms. The molecule has 8 heteroatoms. The molecule has 2 aliphatic rings. The van der Waals surface area contributed by atoms with Crippen LogP contribution in [0.5, 0.6) is 11.5 Å². The van der Waals surface area contributed by atoms with Crippen LogP contribution in [0.4, 0.5) is 4.79 Å². The number of nitrogens with zero attached hydrogens (tertiary/aromatic N) is 2. The molecule has 2 aromatic carbocycles. The zero-order valence-electron chi connectivity index (χ0n) is 18.0. The molecule has 4 amide bonds. The highest BCUT2D eigenvalue weighted by Crippen LogP contribution is 2.37. The van der Waals surface area contributed by atoms with Gasteiger partial charge in [-0.1, -0.05) is 29.8 Å². The molecule has 4 rings (SSSR count). The Kier molecular flexibility index (Phi) is 5.08. The van der Waals surface area contributed by atoms with E-state index in [2.05, 4.69) is 11.4 Å². The first-order valence-corrected chi connectivity index (χ1v) is 10.0. The quantitative estimate of drug-likeness (QED) is 0.747. The van der Waals surface area contributed by atoms with Crippen LogP contribution in [-0.2, 0) is 21.7 Å². The Morgan fingerprint density at radius 2 is 1.87 bits per heavy atom. The third kappa shape index (κ3) is 3.69. The molecule has 2 aliphatic heterocycles. The molecule has 0 saturated carbocycles. The lowest BCUT2D eigenvalue weighted by molar-refractivity contribution is -0.138. The number of hydrogen-bond donors (Lipinski definition) is 1. The normalized spacial score (nSPS) is 19.5. The van der Waals surface area contributed by atoms with E-state index in [1.54, 1.807) is 32.2 Å². The van der Waals surface area contributed by atoms with Gasteiger partial charge in [0.15, 0.2) is 11.5 Å². The molecule has 0 spiro atoms. The van der Waals surface area contributed by atoms with Crippen molar-refractivity contribution in [1.29, 1.82) is 0 Å². The van der Waals surface area contributed by atoms with E-state index < -0.39 is 17.5 Å². The van der Waals surface area contributed by atoms with Crippen molar-refractivity contribution < 1.29 is 23.9 Å². The average Bonchev–Trinajstić information content (AvgIpc) is 3.28. The van der Waals surface area contributed by atoms with Gasteiger partial charge in [-0.15, -0.1) is 0 Å². The second kappa shape index (κ2) is 7.61. The Hall–Kier alpha value is -3.55. The van der Waals surface area contributed by atoms with Crippen molar-refractivity contribution in [2.24, 2.45) is 0 Å². The summed E-state index contributed by atoms with van der Waals surface area (Å²) in [6, 6.07) is 10.5. The summed E-state index contributed by atoms with van der Waals surface area (Å²) in [5.74, 6) is 0.302. The van der Waals surface area contributed by atoms with Gasteiger partial charge in [-0.25, -0.2) is 4.79 Å². The predicted molar refractivity (Wildman–Crippen MR) is 113 cm³/mol. The number of likely N-dealkylation sites (N-methyl/N-ethyl adjacent to an activating group) is 1. The van der Waals surface area contributed by atoms with E-state index in [-0.39, 0.29) is 19.2 Å². The SMILES string of the molecule is Cc1ccc(CN(C)C(=O)CN2C(=O)N[C@@](C)(c3ccc4c(c3)OCO4)C2=O)c(C)c1. The van der Waals surface area contributed by atoms with Gasteiger partial charge < -0.3 is 19.7 Å². The number of aryl methyl sites for hydroxylation is 2. The summed E-state index contributed by atoms with van der Waals surface area (Å²) in [7, 11) is 1.66. The summed E-state index contributed by atoms with van der Waals surface area (Å²) in [5.41, 5.74) is 2.53. The molecule has 0 radical (unpaired) electrons. The lowest BCUT2D eigenvalue weighted by atomic mass is 9.91. The lowest BCUT2D eigenvalue weighted by Gasteiger charge is -2.24. The van der Waals surface area contributed by atoms with Crippen molar-refractivity contribution in [2.45, 2.75) is 32.9 Å². The van der Waals surface area contributed by atoms with Crippen LogP contribution in [-0.4, -0.2) is 48.0 Å². The van der Waals surface area contributed by atoms with Gasteiger partial charge >= 0.3 is 6.03 Å². The number of benzene rings is 2. The predicted octanol–water partition coefficient (Wildman–Crippen LogP) is 2.46. The van der Waals surface area contributed by atoms with E-state index in [0.29, 0.717) is 23.6 Å². The van der Waals surface area contributed by atoms with Crippen LogP contribution in [0.3, 0.4) is 0 Å².